The van der Waals surface area contributed by atoms with Gasteiger partial charge in [0, 0.05) is 25.2 Å². The van der Waals surface area contributed by atoms with Crippen LogP contribution >= 0.6 is 11.8 Å². The second kappa shape index (κ2) is 10.4. The van der Waals surface area contributed by atoms with E-state index in [1.807, 2.05) is 59.2 Å². The first-order valence-electron chi connectivity index (χ1n) is 10.6. The number of para-hydroxylation sites is 1. The minimum Gasteiger partial charge on any atom is -0.485 e. The Kier molecular flexibility index (Phi) is 7.09. The van der Waals surface area contributed by atoms with E-state index in [2.05, 4.69) is 22.1 Å². The Bertz CT molecular complexity index is 1150. The Labute approximate surface area is 196 Å². The summed E-state index contributed by atoms with van der Waals surface area (Å²) < 4.78 is 8.00. The highest BCUT2D eigenvalue weighted by molar-refractivity contribution is 8.00. The van der Waals surface area contributed by atoms with Crippen LogP contribution in [0.2, 0.25) is 0 Å². The van der Waals surface area contributed by atoms with Gasteiger partial charge in [-0.1, -0.05) is 66.4 Å². The number of ether oxygens (including phenoxy) is 1. The molecule has 0 aliphatic carbocycles. The molecule has 2 heterocycles. The van der Waals surface area contributed by atoms with Crippen molar-refractivity contribution >= 4 is 23.7 Å². The molecule has 0 saturated carbocycles. The summed E-state index contributed by atoms with van der Waals surface area (Å²) in [5.74, 6) is 1.12. The summed E-state index contributed by atoms with van der Waals surface area (Å²) in [5, 5.41) is 11.3. The summed E-state index contributed by atoms with van der Waals surface area (Å²) >= 11 is 1.26. The molecule has 0 unspecified atom stereocenters. The van der Waals surface area contributed by atoms with Gasteiger partial charge in [0.2, 0.25) is 5.91 Å². The van der Waals surface area contributed by atoms with E-state index >= 15 is 0 Å². The standard InChI is InChI=1S/C24H25N5O3S/c1-3-14-28-21(16-32-20-12-8-7-11-19(20)18-9-5-4-6-10-18)26-27-24(28)33-17(2)22(30)29-15-13-25-23(29)31/h3-12,17H,1,13-16H2,2H3,(H,25,31)/t17-/m1/s1. The summed E-state index contributed by atoms with van der Waals surface area (Å²) in [4.78, 5) is 25.7. The van der Waals surface area contributed by atoms with Crippen molar-refractivity contribution in [2.75, 3.05) is 13.1 Å². The second-order valence-electron chi connectivity index (χ2n) is 7.43. The lowest BCUT2D eigenvalue weighted by atomic mass is 10.1. The van der Waals surface area contributed by atoms with E-state index in [0.29, 0.717) is 30.6 Å². The van der Waals surface area contributed by atoms with E-state index in [1.54, 1.807) is 13.0 Å². The molecule has 1 aliphatic rings. The van der Waals surface area contributed by atoms with Gasteiger partial charge < -0.3 is 10.1 Å². The number of carbonyl (C=O) groups is 2. The summed E-state index contributed by atoms with van der Waals surface area (Å²) in [6, 6.07) is 17.5. The van der Waals surface area contributed by atoms with Gasteiger partial charge in [-0.05, 0) is 18.6 Å². The van der Waals surface area contributed by atoms with Crippen LogP contribution in [0, 0.1) is 0 Å². The topological polar surface area (TPSA) is 89.3 Å². The average Bonchev–Trinajstić information content (AvgIpc) is 3.44. The van der Waals surface area contributed by atoms with Gasteiger partial charge in [-0.25, -0.2) is 4.79 Å². The molecule has 0 spiro atoms. The average molecular weight is 464 g/mol. The van der Waals surface area contributed by atoms with Crippen LogP contribution in [0.15, 0.2) is 72.4 Å². The largest absolute Gasteiger partial charge is 0.485 e. The van der Waals surface area contributed by atoms with Gasteiger partial charge in [0.25, 0.3) is 0 Å². The number of amides is 3. The number of imide groups is 1. The summed E-state index contributed by atoms with van der Waals surface area (Å²) in [5.41, 5.74) is 2.06. The number of carbonyl (C=O) groups excluding carboxylic acids is 2. The van der Waals surface area contributed by atoms with E-state index in [9.17, 15) is 9.59 Å². The van der Waals surface area contributed by atoms with Crippen LogP contribution < -0.4 is 10.1 Å². The van der Waals surface area contributed by atoms with Crippen molar-refractivity contribution in [3.63, 3.8) is 0 Å². The molecule has 8 nitrogen and oxygen atoms in total. The zero-order chi connectivity index (χ0) is 23.2. The van der Waals surface area contributed by atoms with Crippen LogP contribution in [0.1, 0.15) is 12.7 Å². The van der Waals surface area contributed by atoms with E-state index in [1.165, 1.54) is 16.7 Å². The molecule has 1 fully saturated rings. The molecule has 0 bridgehead atoms. The van der Waals surface area contributed by atoms with Gasteiger partial charge in [-0.15, -0.1) is 16.8 Å². The lowest BCUT2D eigenvalue weighted by Gasteiger charge is -2.17. The molecule has 1 aliphatic heterocycles. The number of thioether (sulfide) groups is 1. The molecule has 3 aromatic rings. The van der Waals surface area contributed by atoms with Gasteiger partial charge in [0.15, 0.2) is 11.0 Å². The molecular formula is C24H25N5O3S. The van der Waals surface area contributed by atoms with Crippen LogP contribution in [0.25, 0.3) is 11.1 Å². The molecule has 4 rings (SSSR count). The quantitative estimate of drug-likeness (QED) is 0.384. The Morgan fingerprint density at radius 3 is 2.70 bits per heavy atom. The number of hydrogen-bond acceptors (Lipinski definition) is 6. The van der Waals surface area contributed by atoms with Gasteiger partial charge in [0.05, 0.1) is 5.25 Å². The fourth-order valence-corrected chi connectivity index (χ4v) is 4.47. The molecule has 33 heavy (non-hydrogen) atoms. The highest BCUT2D eigenvalue weighted by Crippen LogP contribution is 2.30. The van der Waals surface area contributed by atoms with Crippen LogP contribution in [-0.2, 0) is 17.9 Å². The monoisotopic (exact) mass is 463 g/mol. The minimum atomic E-state index is -0.491. The maximum absolute atomic E-state index is 12.7. The predicted octanol–water partition coefficient (Wildman–Crippen LogP) is 3.74. The number of rotatable bonds is 9. The van der Waals surface area contributed by atoms with E-state index in [4.69, 9.17) is 4.74 Å². The van der Waals surface area contributed by atoms with Crippen LogP contribution in [-0.4, -0.2) is 49.9 Å². The van der Waals surface area contributed by atoms with Crippen molar-refractivity contribution in [1.29, 1.82) is 0 Å². The first kappa shape index (κ1) is 22.6. The summed E-state index contributed by atoms with van der Waals surface area (Å²) in [6.45, 7) is 7.12. The van der Waals surface area contributed by atoms with E-state index < -0.39 is 5.25 Å². The Morgan fingerprint density at radius 1 is 1.21 bits per heavy atom. The molecule has 1 N–H and O–H groups in total. The third-order valence-electron chi connectivity index (χ3n) is 5.19. The molecule has 1 atom stereocenters. The SMILES string of the molecule is C=CCn1c(COc2ccccc2-c2ccccc2)nnc1S[C@H](C)C(=O)N1CCNC1=O. The lowest BCUT2D eigenvalue weighted by Crippen LogP contribution is -2.39. The number of benzene rings is 2. The number of aromatic nitrogens is 3. The van der Waals surface area contributed by atoms with Crippen LogP contribution in [0.3, 0.4) is 0 Å². The molecule has 2 aromatic carbocycles. The van der Waals surface area contributed by atoms with Crippen molar-refractivity contribution in [3.05, 3.63) is 73.1 Å². The zero-order valence-electron chi connectivity index (χ0n) is 18.3. The van der Waals surface area contributed by atoms with Gasteiger partial charge in [-0.3, -0.25) is 14.3 Å². The van der Waals surface area contributed by atoms with Gasteiger partial charge >= 0.3 is 6.03 Å². The van der Waals surface area contributed by atoms with Crippen LogP contribution in [0.5, 0.6) is 5.75 Å². The normalized spacial score (nSPS) is 14.1. The number of allylic oxidation sites excluding steroid dienone is 1. The second-order valence-corrected chi connectivity index (χ2v) is 8.74. The maximum atomic E-state index is 12.7. The lowest BCUT2D eigenvalue weighted by molar-refractivity contribution is -0.126. The molecule has 170 valence electrons. The smallest absolute Gasteiger partial charge is 0.324 e. The van der Waals surface area contributed by atoms with Gasteiger partial charge in [0.1, 0.15) is 12.4 Å². The molecular weight excluding hydrogens is 438 g/mol. The van der Waals surface area contributed by atoms with Crippen molar-refractivity contribution in [2.24, 2.45) is 0 Å². The van der Waals surface area contributed by atoms with Crippen molar-refractivity contribution in [3.8, 4) is 16.9 Å². The van der Waals surface area contributed by atoms with E-state index in [-0.39, 0.29) is 18.5 Å². The molecule has 1 aromatic heterocycles. The van der Waals surface area contributed by atoms with Gasteiger partial charge in [-0.2, -0.15) is 0 Å². The zero-order valence-corrected chi connectivity index (χ0v) is 19.1. The Hall–Kier alpha value is -3.59. The Morgan fingerprint density at radius 2 is 1.97 bits per heavy atom. The fraction of sp³-hybridized carbons (Fsp3) is 0.250. The highest BCUT2D eigenvalue weighted by Gasteiger charge is 2.31. The molecule has 0 radical (unpaired) electrons. The Balaban J connectivity index is 1.49. The van der Waals surface area contributed by atoms with Crippen molar-refractivity contribution < 1.29 is 14.3 Å². The minimum absolute atomic E-state index is 0.210. The number of nitrogens with one attached hydrogen (secondary N) is 1. The van der Waals surface area contributed by atoms with Crippen molar-refractivity contribution in [2.45, 2.75) is 30.5 Å². The molecule has 9 heteroatoms. The third-order valence-corrected chi connectivity index (χ3v) is 6.25. The number of hydrogen-bond donors (Lipinski definition) is 1. The van der Waals surface area contributed by atoms with Crippen molar-refractivity contribution in [1.82, 2.24) is 25.0 Å². The fourth-order valence-electron chi connectivity index (χ4n) is 3.53. The highest BCUT2D eigenvalue weighted by atomic mass is 32.2. The molecule has 3 amide bonds. The third kappa shape index (κ3) is 5.09. The predicted molar refractivity (Wildman–Crippen MR) is 127 cm³/mol. The summed E-state index contributed by atoms with van der Waals surface area (Å²) in [6.07, 6.45) is 1.75. The van der Waals surface area contributed by atoms with E-state index in [0.717, 1.165) is 16.9 Å². The maximum Gasteiger partial charge on any atom is 0.324 e. The first-order valence-corrected chi connectivity index (χ1v) is 11.5. The first-order chi connectivity index (χ1) is 16.1. The number of nitrogens with zero attached hydrogens (tertiary/aromatic N) is 4. The molecule has 1 saturated heterocycles. The van der Waals surface area contributed by atoms with Crippen LogP contribution in [0.4, 0.5) is 4.79 Å². The summed E-state index contributed by atoms with van der Waals surface area (Å²) in [7, 11) is 0. The number of urea groups is 1.